The number of carbonyl (C=O) groups excluding carboxylic acids is 3. The highest BCUT2D eigenvalue weighted by molar-refractivity contribution is 6.06. The van der Waals surface area contributed by atoms with Gasteiger partial charge < -0.3 is 14.5 Å². The van der Waals surface area contributed by atoms with Gasteiger partial charge >= 0.3 is 6.03 Å². The zero-order valence-electron chi connectivity index (χ0n) is 13.4. The molecule has 0 saturated carbocycles. The molecule has 3 fully saturated rings. The van der Waals surface area contributed by atoms with E-state index in [0.717, 1.165) is 5.69 Å². The van der Waals surface area contributed by atoms with Crippen molar-refractivity contribution in [3.05, 3.63) is 30.3 Å². The van der Waals surface area contributed by atoms with Gasteiger partial charge in [0.25, 0.3) is 5.91 Å². The number of para-hydroxylation sites is 1. The quantitative estimate of drug-likeness (QED) is 0.771. The molecule has 0 bridgehead atoms. The van der Waals surface area contributed by atoms with Gasteiger partial charge in [-0.05, 0) is 12.1 Å². The van der Waals surface area contributed by atoms with E-state index in [4.69, 9.17) is 4.74 Å². The molecule has 4 rings (SSSR count). The molecule has 3 aliphatic heterocycles. The van der Waals surface area contributed by atoms with Crippen molar-refractivity contribution in [3.8, 4) is 0 Å². The van der Waals surface area contributed by atoms with E-state index >= 15 is 0 Å². The Kier molecular flexibility index (Phi) is 3.53. The molecule has 7 nitrogen and oxygen atoms in total. The number of benzene rings is 1. The molecular formula is C17H19N3O4. The van der Waals surface area contributed by atoms with Crippen LogP contribution in [0.1, 0.15) is 12.8 Å². The molecular weight excluding hydrogens is 310 g/mol. The summed E-state index contributed by atoms with van der Waals surface area (Å²) in [5, 5.41) is 0. The summed E-state index contributed by atoms with van der Waals surface area (Å²) in [6.07, 6.45) is 0.623. The highest BCUT2D eigenvalue weighted by Crippen LogP contribution is 2.33. The first kappa shape index (κ1) is 15.1. The molecule has 7 heteroatoms. The zero-order chi connectivity index (χ0) is 16.8. The lowest BCUT2D eigenvalue weighted by Crippen LogP contribution is -2.44. The van der Waals surface area contributed by atoms with Crippen molar-refractivity contribution in [1.82, 2.24) is 9.80 Å². The number of anilines is 1. The Morgan fingerprint density at radius 3 is 2.50 bits per heavy atom. The summed E-state index contributed by atoms with van der Waals surface area (Å²) in [6.45, 7) is 0.792. The minimum Gasteiger partial charge on any atom is -0.380 e. The van der Waals surface area contributed by atoms with Gasteiger partial charge in [0.05, 0.1) is 12.1 Å². The van der Waals surface area contributed by atoms with Crippen LogP contribution in [0.2, 0.25) is 0 Å². The first-order valence-electron chi connectivity index (χ1n) is 8.12. The molecule has 0 radical (unpaired) electrons. The zero-order valence-corrected chi connectivity index (χ0v) is 13.4. The molecule has 0 aromatic heterocycles. The van der Waals surface area contributed by atoms with Crippen LogP contribution in [-0.4, -0.2) is 66.0 Å². The van der Waals surface area contributed by atoms with E-state index in [2.05, 4.69) is 0 Å². The molecule has 3 saturated heterocycles. The van der Waals surface area contributed by atoms with Crippen LogP contribution >= 0.6 is 0 Å². The lowest BCUT2D eigenvalue weighted by molar-refractivity contribution is -0.129. The number of fused-ring (bicyclic) bond motifs is 1. The average molecular weight is 329 g/mol. The average Bonchev–Trinajstić information content (AvgIpc) is 3.24. The molecule has 0 N–H and O–H groups in total. The Morgan fingerprint density at radius 2 is 1.83 bits per heavy atom. The van der Waals surface area contributed by atoms with Crippen molar-refractivity contribution in [2.45, 2.75) is 31.0 Å². The fourth-order valence-electron chi connectivity index (χ4n) is 3.86. The Hall–Kier alpha value is -2.41. The van der Waals surface area contributed by atoms with Gasteiger partial charge in [-0.3, -0.25) is 14.5 Å². The van der Waals surface area contributed by atoms with E-state index in [1.165, 1.54) is 4.90 Å². The van der Waals surface area contributed by atoms with Crippen molar-refractivity contribution >= 4 is 23.5 Å². The predicted molar refractivity (Wildman–Crippen MR) is 85.4 cm³/mol. The van der Waals surface area contributed by atoms with Crippen molar-refractivity contribution in [3.63, 3.8) is 0 Å². The van der Waals surface area contributed by atoms with Crippen molar-refractivity contribution < 1.29 is 19.1 Å². The number of hydrogen-bond acceptors (Lipinski definition) is 4. The largest absolute Gasteiger partial charge is 0.380 e. The van der Waals surface area contributed by atoms with Crippen molar-refractivity contribution in [2.75, 3.05) is 25.1 Å². The lowest BCUT2D eigenvalue weighted by Gasteiger charge is -2.23. The maximum atomic E-state index is 12.7. The predicted octanol–water partition coefficient (Wildman–Crippen LogP) is 0.843. The lowest BCUT2D eigenvalue weighted by atomic mass is 10.1. The van der Waals surface area contributed by atoms with Gasteiger partial charge in [-0.1, -0.05) is 18.2 Å². The van der Waals surface area contributed by atoms with Gasteiger partial charge in [0, 0.05) is 38.7 Å². The summed E-state index contributed by atoms with van der Waals surface area (Å²) in [5.74, 6) is -0.263. The molecule has 4 amide bonds. The number of imide groups is 1. The standard InChI is InChI=1S/C17H19N3O4/c1-24-13-8-14-16(22)20(17(23)19(14)10-13)12-7-15(21)18(9-12)11-5-3-2-4-6-11/h2-6,12-14H,7-10H2,1H3/t12-,13-,14-/m1/s1. The maximum absolute atomic E-state index is 12.7. The van der Waals surface area contributed by atoms with Gasteiger partial charge in [0.2, 0.25) is 5.91 Å². The van der Waals surface area contributed by atoms with Crippen LogP contribution in [0.5, 0.6) is 0 Å². The van der Waals surface area contributed by atoms with Gasteiger partial charge in [0.1, 0.15) is 6.04 Å². The van der Waals surface area contributed by atoms with Gasteiger partial charge in [-0.2, -0.15) is 0 Å². The van der Waals surface area contributed by atoms with E-state index in [1.807, 2.05) is 30.3 Å². The molecule has 3 heterocycles. The minimum absolute atomic E-state index is 0.0615. The summed E-state index contributed by atoms with van der Waals surface area (Å²) in [6, 6.07) is 8.19. The minimum atomic E-state index is -0.441. The normalized spacial score (nSPS) is 29.8. The van der Waals surface area contributed by atoms with Crippen LogP contribution in [-0.2, 0) is 14.3 Å². The van der Waals surface area contributed by atoms with Crippen LogP contribution in [0.4, 0.5) is 10.5 Å². The fourth-order valence-corrected chi connectivity index (χ4v) is 3.86. The topological polar surface area (TPSA) is 70.2 Å². The maximum Gasteiger partial charge on any atom is 0.327 e. The molecule has 1 aromatic rings. The number of carbonyl (C=O) groups is 3. The Labute approximate surface area is 139 Å². The van der Waals surface area contributed by atoms with Gasteiger partial charge in [-0.25, -0.2) is 4.79 Å². The van der Waals surface area contributed by atoms with Crippen LogP contribution in [0.3, 0.4) is 0 Å². The van der Waals surface area contributed by atoms with E-state index in [1.54, 1.807) is 16.9 Å². The summed E-state index contributed by atoms with van der Waals surface area (Å²) in [5.41, 5.74) is 0.795. The fraction of sp³-hybridized carbons (Fsp3) is 0.471. The second-order valence-corrected chi connectivity index (χ2v) is 6.45. The number of amides is 4. The first-order valence-corrected chi connectivity index (χ1v) is 8.12. The number of methoxy groups -OCH3 is 1. The molecule has 126 valence electrons. The number of hydrogen-bond donors (Lipinski definition) is 0. The van der Waals surface area contributed by atoms with E-state index in [9.17, 15) is 14.4 Å². The molecule has 3 atom stereocenters. The molecule has 3 aliphatic rings. The molecule has 0 aliphatic carbocycles. The van der Waals surface area contributed by atoms with Gasteiger partial charge in [-0.15, -0.1) is 0 Å². The molecule has 0 unspecified atom stereocenters. The molecule has 1 aromatic carbocycles. The summed E-state index contributed by atoms with van der Waals surface area (Å²) in [4.78, 5) is 42.2. The Bertz CT molecular complexity index is 668. The first-order chi connectivity index (χ1) is 11.6. The highest BCUT2D eigenvalue weighted by atomic mass is 16.5. The van der Waals surface area contributed by atoms with Crippen LogP contribution < -0.4 is 4.90 Å². The van der Waals surface area contributed by atoms with E-state index < -0.39 is 12.1 Å². The number of rotatable bonds is 3. The van der Waals surface area contributed by atoms with E-state index in [-0.39, 0.29) is 30.4 Å². The third-order valence-corrected chi connectivity index (χ3v) is 5.11. The van der Waals surface area contributed by atoms with Crippen molar-refractivity contribution in [2.24, 2.45) is 0 Å². The van der Waals surface area contributed by atoms with Crippen LogP contribution in [0, 0.1) is 0 Å². The number of nitrogens with zero attached hydrogens (tertiary/aromatic N) is 3. The third-order valence-electron chi connectivity index (χ3n) is 5.11. The second kappa shape index (κ2) is 5.59. The number of ether oxygens (including phenoxy) is 1. The Morgan fingerprint density at radius 1 is 1.08 bits per heavy atom. The monoisotopic (exact) mass is 329 g/mol. The van der Waals surface area contributed by atoms with E-state index in [0.29, 0.717) is 19.5 Å². The Balaban J connectivity index is 1.53. The van der Waals surface area contributed by atoms with Crippen LogP contribution in [0.25, 0.3) is 0 Å². The third kappa shape index (κ3) is 2.19. The summed E-state index contributed by atoms with van der Waals surface area (Å²) in [7, 11) is 1.59. The van der Waals surface area contributed by atoms with Crippen LogP contribution in [0.15, 0.2) is 30.3 Å². The highest BCUT2D eigenvalue weighted by Gasteiger charge is 2.54. The molecule has 0 spiro atoms. The summed E-state index contributed by atoms with van der Waals surface area (Å²) < 4.78 is 5.27. The summed E-state index contributed by atoms with van der Waals surface area (Å²) >= 11 is 0. The van der Waals surface area contributed by atoms with Crippen molar-refractivity contribution in [1.29, 1.82) is 0 Å². The SMILES string of the molecule is CO[C@@H]1C[C@@H]2C(=O)N([C@@H]3CC(=O)N(c4ccccc4)C3)C(=O)N2C1. The number of urea groups is 1. The van der Waals surface area contributed by atoms with Gasteiger partial charge in [0.15, 0.2) is 0 Å². The smallest absolute Gasteiger partial charge is 0.327 e. The second-order valence-electron chi connectivity index (χ2n) is 6.45. The molecule has 24 heavy (non-hydrogen) atoms.